The molecule has 2 aromatic carbocycles. The molecule has 222 valence electrons. The van der Waals surface area contributed by atoms with Crippen molar-refractivity contribution in [3.63, 3.8) is 0 Å². The molecule has 43 heavy (non-hydrogen) atoms. The van der Waals surface area contributed by atoms with E-state index in [9.17, 15) is 14.7 Å². The van der Waals surface area contributed by atoms with Gasteiger partial charge in [0.15, 0.2) is 0 Å². The van der Waals surface area contributed by atoms with Crippen LogP contribution in [0.1, 0.15) is 41.1 Å². The van der Waals surface area contributed by atoms with E-state index in [0.717, 1.165) is 27.2 Å². The third-order valence-electron chi connectivity index (χ3n) is 7.47. The van der Waals surface area contributed by atoms with Crippen LogP contribution in [0.2, 0.25) is 5.02 Å². The number of halogens is 1. The van der Waals surface area contributed by atoms with Crippen molar-refractivity contribution >= 4 is 46.0 Å². The number of piperidine rings is 1. The van der Waals surface area contributed by atoms with Gasteiger partial charge in [0.1, 0.15) is 39.9 Å². The van der Waals surface area contributed by atoms with Crippen LogP contribution in [0.5, 0.6) is 11.5 Å². The number of hydrogen-bond acceptors (Lipinski definition) is 7. The van der Waals surface area contributed by atoms with Gasteiger partial charge in [0.05, 0.1) is 22.3 Å². The molecule has 0 bridgehead atoms. The number of aryl methyl sites for hydroxylation is 1. The topological polar surface area (TPSA) is 138 Å². The Morgan fingerprint density at radius 3 is 2.63 bits per heavy atom. The Labute approximate surface area is 256 Å². The fourth-order valence-electron chi connectivity index (χ4n) is 5.21. The van der Waals surface area contributed by atoms with Crippen LogP contribution in [0, 0.1) is 0 Å². The van der Waals surface area contributed by atoms with Crippen LogP contribution < -0.4 is 15.2 Å². The number of nitrogens with two attached hydrogens (primary N) is 1. The Morgan fingerprint density at radius 2 is 1.93 bits per heavy atom. The molecule has 1 saturated heterocycles. The maximum Gasteiger partial charge on any atom is 0.407 e. The molecule has 1 aliphatic rings. The summed E-state index contributed by atoms with van der Waals surface area (Å²) in [6, 6.07) is 13.2. The van der Waals surface area contributed by atoms with Crippen molar-refractivity contribution in [2.75, 3.05) is 13.1 Å². The second-order valence-corrected chi connectivity index (χ2v) is 11.8. The van der Waals surface area contributed by atoms with Crippen LogP contribution in [0.25, 0.3) is 27.2 Å². The summed E-state index contributed by atoms with van der Waals surface area (Å²) in [6.07, 6.45) is 5.00. The van der Waals surface area contributed by atoms with Gasteiger partial charge in [-0.1, -0.05) is 29.8 Å². The molecular weight excluding hydrogens is 592 g/mol. The van der Waals surface area contributed by atoms with Gasteiger partial charge in [-0.15, -0.1) is 11.3 Å². The van der Waals surface area contributed by atoms with E-state index < -0.39 is 18.1 Å². The quantitative estimate of drug-likeness (QED) is 0.220. The molecule has 13 heteroatoms. The average molecular weight is 621 g/mol. The highest BCUT2D eigenvalue weighted by Gasteiger charge is 2.26. The number of imidazole rings is 1. The zero-order chi connectivity index (χ0) is 30.2. The summed E-state index contributed by atoms with van der Waals surface area (Å²) in [4.78, 5) is 29.9. The highest BCUT2D eigenvalue weighted by atomic mass is 35.5. The molecule has 6 rings (SSSR count). The predicted octanol–water partition coefficient (Wildman–Crippen LogP) is 5.90. The van der Waals surface area contributed by atoms with E-state index >= 15 is 0 Å². The fourth-order valence-corrected chi connectivity index (χ4v) is 6.46. The number of thiophene rings is 1. The average Bonchev–Trinajstić information content (AvgIpc) is 3.72. The van der Waals surface area contributed by atoms with Gasteiger partial charge in [0.2, 0.25) is 0 Å². The first-order chi connectivity index (χ1) is 20.7. The van der Waals surface area contributed by atoms with Crippen molar-refractivity contribution in [3.8, 4) is 27.6 Å². The van der Waals surface area contributed by atoms with E-state index in [-0.39, 0.29) is 11.0 Å². The van der Waals surface area contributed by atoms with Crippen LogP contribution in [0.3, 0.4) is 0 Å². The summed E-state index contributed by atoms with van der Waals surface area (Å²) in [5, 5.41) is 14.6. The number of rotatable bonds is 8. The Balaban J connectivity index is 1.22. The third kappa shape index (κ3) is 5.75. The van der Waals surface area contributed by atoms with Crippen LogP contribution >= 0.6 is 22.9 Å². The zero-order valence-corrected chi connectivity index (χ0v) is 25.0. The van der Waals surface area contributed by atoms with E-state index in [1.807, 2.05) is 55.1 Å². The minimum atomic E-state index is -0.924. The molecule has 5 aromatic rings. The first-order valence-corrected chi connectivity index (χ1v) is 14.9. The van der Waals surface area contributed by atoms with Crippen molar-refractivity contribution in [2.24, 2.45) is 12.8 Å². The van der Waals surface area contributed by atoms with E-state index in [2.05, 4.69) is 10.1 Å². The number of primary amides is 1. The molecule has 3 N–H and O–H groups in total. The number of hydrogen-bond donors (Lipinski definition) is 2. The normalized spacial score (nSPS) is 14.6. The highest BCUT2D eigenvalue weighted by molar-refractivity contribution is 7.16. The summed E-state index contributed by atoms with van der Waals surface area (Å²) in [7, 11) is 1.87. The molecule has 4 heterocycles. The van der Waals surface area contributed by atoms with Crippen LogP contribution in [-0.2, 0) is 7.05 Å². The summed E-state index contributed by atoms with van der Waals surface area (Å²) >= 11 is 7.99. The number of likely N-dealkylation sites (tertiary alicyclic amines) is 1. The zero-order valence-electron chi connectivity index (χ0n) is 23.4. The Kier molecular flexibility index (Phi) is 7.72. The lowest BCUT2D eigenvalue weighted by atomic mass is 10.1. The minimum absolute atomic E-state index is 0.147. The molecule has 0 aliphatic carbocycles. The molecule has 0 unspecified atom stereocenters. The highest BCUT2D eigenvalue weighted by Crippen LogP contribution is 2.39. The van der Waals surface area contributed by atoms with E-state index in [1.54, 1.807) is 29.3 Å². The maximum absolute atomic E-state index is 12.4. The van der Waals surface area contributed by atoms with Gasteiger partial charge in [0.25, 0.3) is 5.91 Å². The molecule has 1 fully saturated rings. The lowest BCUT2D eigenvalue weighted by Crippen LogP contribution is -2.41. The van der Waals surface area contributed by atoms with Gasteiger partial charge in [0, 0.05) is 56.4 Å². The molecule has 0 saturated carbocycles. The number of nitrogens with zero attached hydrogens (tertiary/aromatic N) is 5. The minimum Gasteiger partial charge on any atom is -0.489 e. The summed E-state index contributed by atoms with van der Waals surface area (Å²) < 4.78 is 16.1. The van der Waals surface area contributed by atoms with E-state index in [0.29, 0.717) is 48.0 Å². The molecule has 1 aliphatic heterocycles. The standard InChI is InChI=1S/C30H29ClN6O5S/c1-17(21-4-3-5-24(27(21)31)42-20-8-10-36(11-9-20)30(39)40)41-25-13-26(43-28(25)29(32)38)37-16-33-22-12-18(6-7-23(22)37)19-14-34-35(2)15-19/h3-7,12-17,20H,8-11H2,1-2H3,(H2,32,38)(H,39,40)/t17-/m1/s1. The number of ether oxygens (including phenoxy) is 2. The number of carbonyl (C=O) groups excluding carboxylic acids is 1. The molecule has 3 aromatic heterocycles. The largest absolute Gasteiger partial charge is 0.489 e. The van der Waals surface area contributed by atoms with Crippen LogP contribution in [-0.4, -0.2) is 60.5 Å². The molecule has 1 atom stereocenters. The molecule has 2 amide bonds. The molecular formula is C30H29ClN6O5S. The smallest absolute Gasteiger partial charge is 0.407 e. The summed E-state index contributed by atoms with van der Waals surface area (Å²) in [5.41, 5.74) is 10.1. The first-order valence-electron chi connectivity index (χ1n) is 13.7. The fraction of sp³-hybridized carbons (Fsp3) is 0.267. The third-order valence-corrected chi connectivity index (χ3v) is 9.01. The number of aromatic nitrogens is 4. The summed E-state index contributed by atoms with van der Waals surface area (Å²) in [5.74, 6) is 0.245. The van der Waals surface area contributed by atoms with Crippen molar-refractivity contribution in [3.05, 3.63) is 76.6 Å². The van der Waals surface area contributed by atoms with Crippen LogP contribution in [0.15, 0.2) is 61.2 Å². The Morgan fingerprint density at radius 1 is 1.14 bits per heavy atom. The van der Waals surface area contributed by atoms with Crippen LogP contribution in [0.4, 0.5) is 4.79 Å². The number of carboxylic acid groups (broad SMARTS) is 1. The monoisotopic (exact) mass is 620 g/mol. The van der Waals surface area contributed by atoms with E-state index in [4.69, 9.17) is 26.8 Å². The van der Waals surface area contributed by atoms with E-state index in [1.165, 1.54) is 16.2 Å². The number of carbonyl (C=O) groups is 2. The predicted molar refractivity (Wildman–Crippen MR) is 163 cm³/mol. The molecule has 0 spiro atoms. The number of benzene rings is 2. The second kappa shape index (κ2) is 11.6. The Hall–Kier alpha value is -4.55. The van der Waals surface area contributed by atoms with Gasteiger partial charge in [-0.05, 0) is 30.7 Å². The maximum atomic E-state index is 12.4. The van der Waals surface area contributed by atoms with Crippen molar-refractivity contribution in [1.29, 1.82) is 0 Å². The Bertz CT molecular complexity index is 1820. The van der Waals surface area contributed by atoms with Crippen molar-refractivity contribution < 1.29 is 24.2 Å². The SMILES string of the molecule is C[C@@H](Oc1cc(-n2cnc3cc(-c4cnn(C)c4)ccc32)sc1C(N)=O)c1cccc(OC2CCN(C(=O)O)CC2)c1Cl. The van der Waals surface area contributed by atoms with Gasteiger partial charge in [-0.2, -0.15) is 5.10 Å². The number of amides is 2. The molecule has 0 radical (unpaired) electrons. The van der Waals surface area contributed by atoms with Crippen molar-refractivity contribution in [2.45, 2.75) is 32.0 Å². The first kappa shape index (κ1) is 28.6. The lowest BCUT2D eigenvalue weighted by molar-refractivity contribution is 0.0892. The molecule has 11 nitrogen and oxygen atoms in total. The van der Waals surface area contributed by atoms with Gasteiger partial charge in [-0.25, -0.2) is 9.78 Å². The van der Waals surface area contributed by atoms with Gasteiger partial charge in [-0.3, -0.25) is 14.0 Å². The summed E-state index contributed by atoms with van der Waals surface area (Å²) in [6.45, 7) is 2.65. The van der Waals surface area contributed by atoms with Crippen molar-refractivity contribution in [1.82, 2.24) is 24.2 Å². The van der Waals surface area contributed by atoms with Gasteiger partial charge >= 0.3 is 6.09 Å². The number of fused-ring (bicyclic) bond motifs is 1. The lowest BCUT2D eigenvalue weighted by Gasteiger charge is -2.30. The second-order valence-electron chi connectivity index (χ2n) is 10.4. The van der Waals surface area contributed by atoms with Gasteiger partial charge < -0.3 is 25.2 Å².